The van der Waals surface area contributed by atoms with Gasteiger partial charge in [-0.05, 0) is 36.2 Å². The monoisotopic (exact) mass is 278 g/mol. The van der Waals surface area contributed by atoms with Crippen molar-refractivity contribution in [1.82, 2.24) is 4.98 Å². The molecule has 0 unspecified atom stereocenters. The largest absolute Gasteiger partial charge is 0.441 e. The third kappa shape index (κ3) is 1.91. The minimum atomic E-state index is 0.0101. The number of carbonyl (C=O) groups is 1. The predicted molar refractivity (Wildman–Crippen MR) is 80.6 cm³/mol. The van der Waals surface area contributed by atoms with Gasteiger partial charge in [0.1, 0.15) is 5.52 Å². The molecule has 21 heavy (non-hydrogen) atoms. The summed E-state index contributed by atoms with van der Waals surface area (Å²) in [5.74, 6) is 0.622. The molecular formula is C17H14N2O2. The van der Waals surface area contributed by atoms with E-state index in [0.717, 1.165) is 24.2 Å². The zero-order chi connectivity index (χ0) is 14.4. The standard InChI is InChI=1S/C17H14N2O2/c1-11-18-14-7-6-13(10-16(14)21-11)17(20)19-9-8-12-4-2-3-5-15(12)19/h2-7,10H,8-9H2,1H3. The van der Waals surface area contributed by atoms with Crippen LogP contribution in [0.1, 0.15) is 21.8 Å². The highest BCUT2D eigenvalue weighted by molar-refractivity contribution is 6.08. The lowest BCUT2D eigenvalue weighted by Gasteiger charge is -2.17. The topological polar surface area (TPSA) is 46.3 Å². The van der Waals surface area contributed by atoms with Crippen LogP contribution in [0.3, 0.4) is 0 Å². The van der Waals surface area contributed by atoms with E-state index < -0.39 is 0 Å². The lowest BCUT2D eigenvalue weighted by Crippen LogP contribution is -2.28. The van der Waals surface area contributed by atoms with Gasteiger partial charge >= 0.3 is 0 Å². The van der Waals surface area contributed by atoms with Crippen molar-refractivity contribution in [2.75, 3.05) is 11.4 Å². The first-order chi connectivity index (χ1) is 10.2. The van der Waals surface area contributed by atoms with Crippen molar-refractivity contribution in [3.63, 3.8) is 0 Å². The van der Waals surface area contributed by atoms with Gasteiger partial charge in [0.2, 0.25) is 0 Å². The maximum Gasteiger partial charge on any atom is 0.258 e. The number of benzene rings is 2. The zero-order valence-corrected chi connectivity index (χ0v) is 11.7. The van der Waals surface area contributed by atoms with Crippen molar-refractivity contribution in [3.05, 3.63) is 59.5 Å². The van der Waals surface area contributed by atoms with Gasteiger partial charge in [0.05, 0.1) is 0 Å². The van der Waals surface area contributed by atoms with E-state index in [1.165, 1.54) is 5.56 Å². The summed E-state index contributed by atoms with van der Waals surface area (Å²) in [6.45, 7) is 2.53. The molecule has 2 aromatic carbocycles. The highest BCUT2D eigenvalue weighted by Crippen LogP contribution is 2.29. The predicted octanol–water partition coefficient (Wildman–Crippen LogP) is 3.34. The van der Waals surface area contributed by atoms with Gasteiger partial charge in [-0.3, -0.25) is 4.79 Å². The fourth-order valence-electron chi connectivity index (χ4n) is 2.88. The average molecular weight is 278 g/mol. The molecule has 104 valence electrons. The Kier molecular flexibility index (Phi) is 2.57. The summed E-state index contributed by atoms with van der Waals surface area (Å²) in [5, 5.41) is 0. The fourth-order valence-corrected chi connectivity index (χ4v) is 2.88. The summed E-state index contributed by atoms with van der Waals surface area (Å²) in [6, 6.07) is 13.5. The molecule has 0 aliphatic carbocycles. The molecule has 1 aliphatic rings. The fraction of sp³-hybridized carbons (Fsp3) is 0.176. The van der Waals surface area contributed by atoms with Crippen molar-refractivity contribution in [2.45, 2.75) is 13.3 Å². The summed E-state index contributed by atoms with van der Waals surface area (Å²) in [5.41, 5.74) is 4.31. The van der Waals surface area contributed by atoms with Gasteiger partial charge in [-0.1, -0.05) is 18.2 Å². The number of aromatic nitrogens is 1. The second kappa shape index (κ2) is 4.45. The zero-order valence-electron chi connectivity index (χ0n) is 11.7. The Morgan fingerprint density at radius 1 is 1.24 bits per heavy atom. The third-order valence-electron chi connectivity index (χ3n) is 3.87. The van der Waals surface area contributed by atoms with Gasteiger partial charge in [0.15, 0.2) is 11.5 Å². The highest BCUT2D eigenvalue weighted by atomic mass is 16.3. The molecule has 0 saturated heterocycles. The molecule has 0 spiro atoms. The molecule has 4 heteroatoms. The van der Waals surface area contributed by atoms with Gasteiger partial charge in [-0.15, -0.1) is 0 Å². The molecule has 1 aromatic heterocycles. The summed E-state index contributed by atoms with van der Waals surface area (Å²) in [6.07, 6.45) is 0.908. The van der Waals surface area contributed by atoms with Gasteiger partial charge < -0.3 is 9.32 Å². The summed E-state index contributed by atoms with van der Waals surface area (Å²) in [7, 11) is 0. The molecule has 3 aromatic rings. The van der Waals surface area contributed by atoms with Crippen LogP contribution in [0.15, 0.2) is 46.9 Å². The molecule has 0 bridgehead atoms. The Balaban J connectivity index is 1.73. The number of rotatable bonds is 1. The SMILES string of the molecule is Cc1nc2ccc(C(=O)N3CCc4ccccc43)cc2o1. The molecule has 4 nitrogen and oxygen atoms in total. The molecule has 0 atom stereocenters. The van der Waals surface area contributed by atoms with Gasteiger partial charge in [-0.25, -0.2) is 4.98 Å². The number of anilines is 1. The molecule has 0 radical (unpaired) electrons. The van der Waals surface area contributed by atoms with E-state index in [1.807, 2.05) is 35.2 Å². The van der Waals surface area contributed by atoms with Crippen LogP contribution in [0.2, 0.25) is 0 Å². The van der Waals surface area contributed by atoms with Crippen LogP contribution in [-0.2, 0) is 6.42 Å². The maximum absolute atomic E-state index is 12.7. The third-order valence-corrected chi connectivity index (χ3v) is 3.87. The molecule has 0 N–H and O–H groups in total. The first-order valence-electron chi connectivity index (χ1n) is 6.99. The molecule has 1 amide bonds. The minimum absolute atomic E-state index is 0.0101. The Morgan fingerprint density at radius 2 is 2.10 bits per heavy atom. The Bertz CT molecular complexity index is 851. The summed E-state index contributed by atoms with van der Waals surface area (Å²) in [4.78, 5) is 18.8. The van der Waals surface area contributed by atoms with Gasteiger partial charge in [0.25, 0.3) is 5.91 Å². The van der Waals surface area contributed by atoms with E-state index in [2.05, 4.69) is 11.1 Å². The van der Waals surface area contributed by atoms with E-state index >= 15 is 0 Å². The number of carbonyl (C=O) groups excluding carboxylic acids is 1. The van der Waals surface area contributed by atoms with E-state index in [4.69, 9.17) is 4.42 Å². The molecular weight excluding hydrogens is 264 g/mol. The Hall–Kier alpha value is -2.62. The molecule has 2 heterocycles. The Labute approximate surface area is 122 Å². The van der Waals surface area contributed by atoms with Crippen LogP contribution in [0.25, 0.3) is 11.1 Å². The van der Waals surface area contributed by atoms with Crippen LogP contribution < -0.4 is 4.90 Å². The lowest BCUT2D eigenvalue weighted by atomic mass is 10.1. The van der Waals surface area contributed by atoms with Gasteiger partial charge in [0, 0.05) is 24.7 Å². The van der Waals surface area contributed by atoms with Crippen LogP contribution in [0.4, 0.5) is 5.69 Å². The van der Waals surface area contributed by atoms with E-state index in [9.17, 15) is 4.79 Å². The quantitative estimate of drug-likeness (QED) is 0.686. The van der Waals surface area contributed by atoms with Crippen molar-refractivity contribution in [3.8, 4) is 0 Å². The molecule has 1 aliphatic heterocycles. The first-order valence-corrected chi connectivity index (χ1v) is 6.99. The smallest absolute Gasteiger partial charge is 0.258 e. The lowest BCUT2D eigenvalue weighted by molar-refractivity contribution is 0.0989. The number of aryl methyl sites for hydroxylation is 1. The Morgan fingerprint density at radius 3 is 3.00 bits per heavy atom. The van der Waals surface area contributed by atoms with E-state index in [-0.39, 0.29) is 5.91 Å². The number of nitrogens with zero attached hydrogens (tertiary/aromatic N) is 2. The second-order valence-electron chi connectivity index (χ2n) is 5.25. The number of oxazole rings is 1. The second-order valence-corrected chi connectivity index (χ2v) is 5.25. The number of fused-ring (bicyclic) bond motifs is 2. The van der Waals surface area contributed by atoms with Crippen LogP contribution >= 0.6 is 0 Å². The first kappa shape index (κ1) is 12.1. The maximum atomic E-state index is 12.7. The van der Waals surface area contributed by atoms with E-state index in [1.54, 1.807) is 13.0 Å². The van der Waals surface area contributed by atoms with Crippen LogP contribution in [-0.4, -0.2) is 17.4 Å². The number of hydrogen-bond acceptors (Lipinski definition) is 3. The average Bonchev–Trinajstić information content (AvgIpc) is 3.07. The van der Waals surface area contributed by atoms with Crippen molar-refractivity contribution in [2.24, 2.45) is 0 Å². The van der Waals surface area contributed by atoms with Gasteiger partial charge in [-0.2, -0.15) is 0 Å². The van der Waals surface area contributed by atoms with Crippen molar-refractivity contribution < 1.29 is 9.21 Å². The highest BCUT2D eigenvalue weighted by Gasteiger charge is 2.25. The van der Waals surface area contributed by atoms with Crippen molar-refractivity contribution in [1.29, 1.82) is 0 Å². The van der Waals surface area contributed by atoms with E-state index in [0.29, 0.717) is 17.0 Å². The number of hydrogen-bond donors (Lipinski definition) is 0. The number of amides is 1. The normalized spacial score (nSPS) is 13.7. The van der Waals surface area contributed by atoms with Crippen LogP contribution in [0, 0.1) is 6.92 Å². The van der Waals surface area contributed by atoms with Crippen LogP contribution in [0.5, 0.6) is 0 Å². The molecule has 4 rings (SSSR count). The van der Waals surface area contributed by atoms with Crippen molar-refractivity contribution >= 4 is 22.7 Å². The minimum Gasteiger partial charge on any atom is -0.441 e. The molecule has 0 saturated carbocycles. The number of para-hydroxylation sites is 1. The molecule has 0 fully saturated rings. The summed E-state index contributed by atoms with van der Waals surface area (Å²) >= 11 is 0. The summed E-state index contributed by atoms with van der Waals surface area (Å²) < 4.78 is 5.51.